The van der Waals surface area contributed by atoms with E-state index in [0.29, 0.717) is 29.8 Å². The Morgan fingerprint density at radius 3 is 2.90 bits per heavy atom. The highest BCUT2D eigenvalue weighted by Gasteiger charge is 2.24. The molecule has 0 atom stereocenters. The van der Waals surface area contributed by atoms with E-state index < -0.39 is 0 Å². The van der Waals surface area contributed by atoms with Crippen molar-refractivity contribution in [3.05, 3.63) is 58.5 Å². The van der Waals surface area contributed by atoms with E-state index in [1.807, 2.05) is 19.1 Å². The molecular weight excluding hydrogens is 392 g/mol. The van der Waals surface area contributed by atoms with Gasteiger partial charge in [0.25, 0.3) is 17.1 Å². The second-order valence-electron chi connectivity index (χ2n) is 8.20. The predicted molar refractivity (Wildman–Crippen MR) is 120 cm³/mol. The van der Waals surface area contributed by atoms with Crippen LogP contribution >= 0.6 is 0 Å². The molecule has 0 bridgehead atoms. The van der Waals surface area contributed by atoms with Gasteiger partial charge in [-0.05, 0) is 38.3 Å². The van der Waals surface area contributed by atoms with Crippen LogP contribution in [0.2, 0.25) is 0 Å². The van der Waals surface area contributed by atoms with Gasteiger partial charge in [-0.2, -0.15) is 0 Å². The highest BCUT2D eigenvalue weighted by Crippen LogP contribution is 2.15. The van der Waals surface area contributed by atoms with Crippen LogP contribution in [0.15, 0.2) is 41.8 Å². The molecule has 0 aromatic carbocycles. The Hall–Kier alpha value is -3.26. The number of rotatable bonds is 6. The minimum Gasteiger partial charge on any atom is -0.346 e. The number of nitrogens with zero attached hydrogens (tertiary/aromatic N) is 3. The van der Waals surface area contributed by atoms with Crippen molar-refractivity contribution >= 4 is 28.4 Å². The molecule has 162 valence electrons. The van der Waals surface area contributed by atoms with Crippen LogP contribution in [-0.2, 0) is 6.54 Å². The largest absolute Gasteiger partial charge is 0.346 e. The van der Waals surface area contributed by atoms with E-state index in [4.69, 9.17) is 10.7 Å². The third-order valence-corrected chi connectivity index (χ3v) is 6.06. The average molecular weight is 423 g/mol. The smallest absolute Gasteiger partial charge is 0.278 e. The van der Waals surface area contributed by atoms with Crippen molar-refractivity contribution in [2.24, 2.45) is 0 Å². The van der Waals surface area contributed by atoms with Crippen molar-refractivity contribution in [2.45, 2.75) is 32.7 Å². The second kappa shape index (κ2) is 8.85. The molecule has 1 amide bonds. The minimum absolute atomic E-state index is 0.228. The number of hydrogen-bond acceptors (Lipinski definition) is 4. The number of hydrogen-bond donors (Lipinski definition) is 3. The molecule has 0 spiro atoms. The maximum absolute atomic E-state index is 13.2. The summed E-state index contributed by atoms with van der Waals surface area (Å²) in [4.78, 5) is 32.4. The number of pyridine rings is 2. The van der Waals surface area contributed by atoms with E-state index in [1.54, 1.807) is 22.9 Å². The van der Waals surface area contributed by atoms with Gasteiger partial charge in [0.15, 0.2) is 0 Å². The molecule has 0 unspecified atom stereocenters. The molecule has 1 fully saturated rings. The van der Waals surface area contributed by atoms with E-state index in [2.05, 4.69) is 11.9 Å². The topological polar surface area (TPSA) is 97.8 Å². The number of piperidine rings is 1. The number of amides is 1. The number of likely N-dealkylation sites (tertiary alicyclic amines) is 1. The van der Waals surface area contributed by atoms with Crippen molar-refractivity contribution in [3.8, 4) is 0 Å². The van der Waals surface area contributed by atoms with E-state index in [0.717, 1.165) is 25.2 Å². The minimum atomic E-state index is -0.276. The Labute approximate surface area is 181 Å². The molecule has 0 saturated carbocycles. The molecule has 31 heavy (non-hydrogen) atoms. The Morgan fingerprint density at radius 2 is 2.16 bits per heavy atom. The molecule has 4 N–H and O–H groups in total. The summed E-state index contributed by atoms with van der Waals surface area (Å²) in [5.41, 5.74) is 8.34. The zero-order valence-electron chi connectivity index (χ0n) is 18.0. The Morgan fingerprint density at radius 1 is 1.39 bits per heavy atom. The van der Waals surface area contributed by atoms with Crippen molar-refractivity contribution in [3.63, 3.8) is 0 Å². The molecule has 0 radical (unpaired) electrons. The summed E-state index contributed by atoms with van der Waals surface area (Å²) in [5.74, 6) is 0.00224. The van der Waals surface area contributed by atoms with Crippen molar-refractivity contribution < 1.29 is 14.3 Å². The van der Waals surface area contributed by atoms with Gasteiger partial charge >= 0.3 is 0 Å². The maximum atomic E-state index is 13.2. The summed E-state index contributed by atoms with van der Waals surface area (Å²) in [6.45, 7) is 9.81. The Bertz CT molecular complexity index is 1210. The summed E-state index contributed by atoms with van der Waals surface area (Å²) < 4.78 is 3.19. The summed E-state index contributed by atoms with van der Waals surface area (Å²) in [6, 6.07) is 5.28. The normalized spacial score (nSPS) is 14.7. The van der Waals surface area contributed by atoms with Crippen LogP contribution in [0.3, 0.4) is 0 Å². The fourth-order valence-corrected chi connectivity index (χ4v) is 4.36. The van der Waals surface area contributed by atoms with Crippen molar-refractivity contribution in [1.29, 1.82) is 0 Å². The monoisotopic (exact) mass is 422 g/mol. The Balaban J connectivity index is 1.73. The number of fused-ring (bicyclic) bond motifs is 2. The van der Waals surface area contributed by atoms with E-state index in [9.17, 15) is 9.59 Å². The lowest BCUT2D eigenvalue weighted by atomic mass is 10.1. The molecule has 0 aliphatic carbocycles. The van der Waals surface area contributed by atoms with Gasteiger partial charge in [-0.15, -0.1) is 0 Å². The fraction of sp³-hybridized carbons (Fsp3) is 0.391. The van der Waals surface area contributed by atoms with Gasteiger partial charge in [-0.25, -0.2) is 4.57 Å². The quantitative estimate of drug-likeness (QED) is 0.296. The maximum Gasteiger partial charge on any atom is 0.278 e. The molecular formula is C23H30N6O2+2. The number of nitrogens with one attached hydrogen (secondary N) is 2. The predicted octanol–water partition coefficient (Wildman–Crippen LogP) is 0.0104. The number of allylic oxidation sites excluding steroid dienone is 1. The fourth-order valence-electron chi connectivity index (χ4n) is 4.36. The van der Waals surface area contributed by atoms with Gasteiger partial charge in [-0.1, -0.05) is 23.7 Å². The number of aromatic nitrogens is 3. The highest BCUT2D eigenvalue weighted by molar-refractivity contribution is 6.00. The lowest BCUT2D eigenvalue weighted by molar-refractivity contribution is -0.903. The van der Waals surface area contributed by atoms with Crippen molar-refractivity contribution in [1.82, 2.24) is 14.7 Å². The molecule has 8 heteroatoms. The van der Waals surface area contributed by atoms with Crippen LogP contribution in [0.1, 0.15) is 35.2 Å². The molecule has 1 aliphatic rings. The number of carbonyl (C=O) groups excluding carboxylic acids is 1. The molecule has 3 aromatic heterocycles. The van der Waals surface area contributed by atoms with Crippen LogP contribution in [0.4, 0.5) is 5.82 Å². The third-order valence-electron chi connectivity index (χ3n) is 6.06. The van der Waals surface area contributed by atoms with Crippen LogP contribution in [0.5, 0.6) is 0 Å². The van der Waals surface area contributed by atoms with E-state index >= 15 is 0 Å². The van der Waals surface area contributed by atoms with Gasteiger partial charge in [0, 0.05) is 11.8 Å². The number of nitrogen functional groups attached to an aromatic ring is 1. The number of carbonyl (C=O) groups is 1. The first-order chi connectivity index (χ1) is 15.0. The van der Waals surface area contributed by atoms with Gasteiger partial charge in [0.05, 0.1) is 32.7 Å². The summed E-state index contributed by atoms with van der Waals surface area (Å²) >= 11 is 0. The number of nitrogens with two attached hydrogens (primary N) is 1. The van der Waals surface area contributed by atoms with E-state index in [1.165, 1.54) is 28.6 Å². The van der Waals surface area contributed by atoms with Gasteiger partial charge in [0.1, 0.15) is 10.9 Å². The van der Waals surface area contributed by atoms with Crippen LogP contribution < -0.4 is 26.1 Å². The lowest BCUT2D eigenvalue weighted by Crippen LogP contribution is -3.13. The van der Waals surface area contributed by atoms with Crippen LogP contribution in [-0.4, -0.2) is 41.5 Å². The molecule has 4 heterocycles. The lowest BCUT2D eigenvalue weighted by Gasteiger charge is -2.23. The van der Waals surface area contributed by atoms with Crippen molar-refractivity contribution in [2.75, 3.05) is 31.9 Å². The molecule has 1 saturated heterocycles. The highest BCUT2D eigenvalue weighted by atomic mass is 16.1. The van der Waals surface area contributed by atoms with Gasteiger partial charge < -0.3 is 16.0 Å². The number of anilines is 1. The summed E-state index contributed by atoms with van der Waals surface area (Å²) in [5, 5.41) is 3.33. The second-order valence-corrected chi connectivity index (χ2v) is 8.20. The summed E-state index contributed by atoms with van der Waals surface area (Å²) in [7, 11) is 0. The first-order valence-electron chi connectivity index (χ1n) is 10.9. The standard InChI is InChI=1S/C23H28N6O2/c1-3-10-28-19(24)17(22(30)25-9-14-27-11-5-4-6-12-27)15-18-21(28)26-20-16(2)8-7-13-29(20)23(18)31/h3,7-8,13,15,24H,1,4-6,9-12,14H2,2H3,(H,25,30)/p+2. The average Bonchev–Trinajstić information content (AvgIpc) is 2.77. The molecule has 1 aliphatic heterocycles. The van der Waals surface area contributed by atoms with Gasteiger partial charge in [-0.3, -0.25) is 14.0 Å². The zero-order valence-corrected chi connectivity index (χ0v) is 18.0. The number of quaternary nitrogens is 1. The summed E-state index contributed by atoms with van der Waals surface area (Å²) in [6.07, 6.45) is 7.15. The first-order valence-corrected chi connectivity index (χ1v) is 10.9. The Kier molecular flexibility index (Phi) is 5.99. The number of aryl methyl sites for hydroxylation is 1. The molecule has 8 nitrogen and oxygen atoms in total. The molecule has 3 aromatic rings. The molecule has 4 rings (SSSR count). The third kappa shape index (κ3) is 4.03. The van der Waals surface area contributed by atoms with Crippen LogP contribution in [0, 0.1) is 6.92 Å². The zero-order chi connectivity index (χ0) is 22.0. The van der Waals surface area contributed by atoms with E-state index in [-0.39, 0.29) is 22.8 Å². The van der Waals surface area contributed by atoms with Crippen LogP contribution in [0.25, 0.3) is 16.7 Å². The SMILES string of the molecule is C=CC[n+]1c(N)c(C(=O)NCC[NH+]2CCCCC2)cc2c(=O)n3cccc(C)c3nc21. The van der Waals surface area contributed by atoms with Gasteiger partial charge in [0.2, 0.25) is 11.5 Å². The first kappa shape index (κ1) is 21.0.